The van der Waals surface area contributed by atoms with Gasteiger partial charge < -0.3 is 18.7 Å². The molecule has 1 saturated heterocycles. The van der Waals surface area contributed by atoms with Gasteiger partial charge in [0.15, 0.2) is 0 Å². The van der Waals surface area contributed by atoms with Crippen molar-refractivity contribution in [1.29, 1.82) is 0 Å². The zero-order valence-electron chi connectivity index (χ0n) is 19.1. The van der Waals surface area contributed by atoms with Crippen LogP contribution < -0.4 is 9.08 Å². The van der Waals surface area contributed by atoms with Gasteiger partial charge in [-0.1, -0.05) is 0 Å². The fraction of sp³-hybridized carbons (Fsp3) is 0.600. The van der Waals surface area contributed by atoms with E-state index in [1.54, 1.807) is 20.8 Å². The van der Waals surface area contributed by atoms with Crippen LogP contribution in [0, 0.1) is 5.82 Å². The van der Waals surface area contributed by atoms with E-state index in [9.17, 15) is 44.3 Å². The third-order valence-corrected chi connectivity index (χ3v) is 6.54. The highest BCUT2D eigenvalue weighted by Crippen LogP contribution is 2.51. The molecule has 2 heterocycles. The van der Waals surface area contributed by atoms with Gasteiger partial charge in [-0.05, 0) is 33.6 Å². The van der Waals surface area contributed by atoms with Gasteiger partial charge in [-0.15, -0.1) is 0 Å². The van der Waals surface area contributed by atoms with Crippen LogP contribution in [0.15, 0.2) is 12.1 Å². The first-order valence-electron chi connectivity index (χ1n) is 10.4. The van der Waals surface area contributed by atoms with Crippen LogP contribution in [-0.2, 0) is 25.1 Å². The fourth-order valence-electron chi connectivity index (χ4n) is 4.15. The Kier molecular flexibility index (Phi) is 6.69. The highest BCUT2D eigenvalue weighted by atomic mass is 32.2. The monoisotopic (exact) mass is 550 g/mol. The first-order chi connectivity index (χ1) is 16.2. The number of nitrogens with zero attached hydrogens (tertiary/aromatic N) is 2. The first-order valence-corrected chi connectivity index (χ1v) is 11.8. The summed E-state index contributed by atoms with van der Waals surface area (Å²) in [7, 11) is -6.27. The van der Waals surface area contributed by atoms with Crippen molar-refractivity contribution >= 4 is 27.8 Å². The molecule has 3 rings (SSSR count). The molecule has 8 nitrogen and oxygen atoms in total. The Morgan fingerprint density at radius 1 is 1.06 bits per heavy atom. The molecule has 1 aromatic carbocycles. The second-order valence-electron chi connectivity index (χ2n) is 9.34. The number of amides is 2. The maximum atomic E-state index is 15.2. The number of anilines is 1. The van der Waals surface area contributed by atoms with Crippen LogP contribution in [0.1, 0.15) is 39.2 Å². The number of carbonyl (C=O) groups is 2. The number of benzene rings is 1. The summed E-state index contributed by atoms with van der Waals surface area (Å²) in [5.41, 5.74) is -9.93. The molecule has 0 unspecified atom stereocenters. The van der Waals surface area contributed by atoms with Crippen LogP contribution in [0.5, 0.6) is 5.75 Å². The number of halogens is 7. The van der Waals surface area contributed by atoms with Crippen molar-refractivity contribution < 1.29 is 57.7 Å². The highest BCUT2D eigenvalue weighted by Gasteiger charge is 2.56. The van der Waals surface area contributed by atoms with Crippen LogP contribution in [-0.4, -0.2) is 62.2 Å². The molecule has 0 N–H and O–H groups in total. The van der Waals surface area contributed by atoms with Gasteiger partial charge in [0, 0.05) is 30.8 Å². The topological polar surface area (TPSA) is 93.2 Å². The number of piperidine rings is 1. The Hall–Kier alpha value is -2.78. The predicted molar refractivity (Wildman–Crippen MR) is 109 cm³/mol. The Balaban J connectivity index is 2.02. The summed E-state index contributed by atoms with van der Waals surface area (Å²) in [6.45, 7) is 2.52. The third-order valence-electron chi connectivity index (χ3n) is 5.56. The molecule has 2 aliphatic rings. The van der Waals surface area contributed by atoms with Crippen LogP contribution in [0.4, 0.5) is 41.2 Å². The lowest BCUT2D eigenvalue weighted by atomic mass is 9.73. The second kappa shape index (κ2) is 8.66. The number of ether oxygens (including phenoxy) is 1. The Morgan fingerprint density at radius 2 is 1.61 bits per heavy atom. The van der Waals surface area contributed by atoms with Gasteiger partial charge in [-0.2, -0.15) is 34.8 Å². The van der Waals surface area contributed by atoms with Crippen molar-refractivity contribution in [3.63, 3.8) is 0 Å². The van der Waals surface area contributed by atoms with Gasteiger partial charge in [0.1, 0.15) is 23.7 Å². The van der Waals surface area contributed by atoms with Crippen molar-refractivity contribution in [1.82, 2.24) is 4.90 Å². The van der Waals surface area contributed by atoms with E-state index < -0.39 is 74.2 Å². The van der Waals surface area contributed by atoms with Crippen LogP contribution in [0.2, 0.25) is 0 Å². The van der Waals surface area contributed by atoms with Gasteiger partial charge in [-0.25, -0.2) is 9.18 Å². The van der Waals surface area contributed by atoms with E-state index in [-0.39, 0.29) is 36.9 Å². The molecular formula is C20H21F7N2O6S. The van der Waals surface area contributed by atoms with E-state index in [0.29, 0.717) is 6.07 Å². The molecule has 0 radical (unpaired) electrons. The van der Waals surface area contributed by atoms with Crippen molar-refractivity contribution in [2.45, 2.75) is 56.3 Å². The molecule has 2 amide bonds. The highest BCUT2D eigenvalue weighted by molar-refractivity contribution is 7.88. The molecule has 36 heavy (non-hydrogen) atoms. The average Bonchev–Trinajstić information content (AvgIpc) is 2.87. The Labute approximate surface area is 201 Å². The zero-order chi connectivity index (χ0) is 27.5. The Bertz CT molecular complexity index is 1170. The largest absolute Gasteiger partial charge is 0.534 e. The number of hydrogen-bond donors (Lipinski definition) is 0. The van der Waals surface area contributed by atoms with Gasteiger partial charge in [-0.3, -0.25) is 4.79 Å². The summed E-state index contributed by atoms with van der Waals surface area (Å²) in [6.07, 6.45) is -6.37. The molecule has 1 spiro atoms. The molecule has 0 atom stereocenters. The predicted octanol–water partition coefficient (Wildman–Crippen LogP) is 4.23. The fourth-order valence-corrected chi connectivity index (χ4v) is 4.59. The van der Waals surface area contributed by atoms with Crippen LogP contribution in [0.3, 0.4) is 0 Å². The minimum atomic E-state index is -6.27. The lowest BCUT2D eigenvalue weighted by Crippen LogP contribution is -2.52. The van der Waals surface area contributed by atoms with Crippen molar-refractivity contribution in [3.8, 4) is 5.75 Å². The van der Waals surface area contributed by atoms with Gasteiger partial charge in [0.05, 0.1) is 11.1 Å². The maximum Gasteiger partial charge on any atom is 0.534 e. The smallest absolute Gasteiger partial charge is 0.444 e. The van der Waals surface area contributed by atoms with Gasteiger partial charge in [0.2, 0.25) is 5.91 Å². The van der Waals surface area contributed by atoms with Crippen molar-refractivity contribution in [2.75, 3.05) is 24.5 Å². The number of rotatable bonds is 3. The molecule has 2 aliphatic heterocycles. The van der Waals surface area contributed by atoms with E-state index in [1.807, 2.05) is 0 Å². The standard InChI is InChI=1S/C20H21F7N2O6S/c1-17(2,3)34-16(31)28-6-4-18(5-7-28)14-12(21)8-11(35-36(32,33)20(25,26)27)9-13(14)29(15(18)30)10-19(22,23)24/h8-9H,4-7,10H2,1-3H3. The summed E-state index contributed by atoms with van der Waals surface area (Å²) in [6, 6.07) is 0.703. The molecule has 202 valence electrons. The molecule has 1 fully saturated rings. The van der Waals surface area contributed by atoms with Gasteiger partial charge in [0.25, 0.3) is 0 Å². The summed E-state index contributed by atoms with van der Waals surface area (Å²) < 4.78 is 125. The van der Waals surface area contributed by atoms with Crippen molar-refractivity contribution in [3.05, 3.63) is 23.5 Å². The summed E-state index contributed by atoms with van der Waals surface area (Å²) >= 11 is 0. The number of alkyl halides is 6. The minimum absolute atomic E-state index is 0.134. The van der Waals surface area contributed by atoms with E-state index in [1.165, 1.54) is 4.90 Å². The van der Waals surface area contributed by atoms with E-state index in [0.717, 1.165) is 0 Å². The molecule has 1 aromatic rings. The van der Waals surface area contributed by atoms with E-state index >= 15 is 4.39 Å². The quantitative estimate of drug-likeness (QED) is 0.318. The average molecular weight is 550 g/mol. The third kappa shape index (κ3) is 5.32. The van der Waals surface area contributed by atoms with E-state index in [2.05, 4.69) is 4.18 Å². The normalized spacial score (nSPS) is 18.4. The molecule has 0 aliphatic carbocycles. The second-order valence-corrected chi connectivity index (χ2v) is 10.9. The molecule has 0 bridgehead atoms. The summed E-state index contributed by atoms with van der Waals surface area (Å²) in [4.78, 5) is 26.9. The van der Waals surface area contributed by atoms with E-state index in [4.69, 9.17) is 4.74 Å². The lowest BCUT2D eigenvalue weighted by Gasteiger charge is -2.39. The summed E-state index contributed by atoms with van der Waals surface area (Å²) in [5, 5.41) is 0. The van der Waals surface area contributed by atoms with Gasteiger partial charge >= 0.3 is 27.9 Å². The number of fused-ring (bicyclic) bond motifs is 2. The zero-order valence-corrected chi connectivity index (χ0v) is 19.9. The minimum Gasteiger partial charge on any atom is -0.444 e. The van der Waals surface area contributed by atoms with Crippen LogP contribution >= 0.6 is 0 Å². The molecular weight excluding hydrogens is 529 g/mol. The maximum absolute atomic E-state index is 15.2. The van der Waals surface area contributed by atoms with Crippen LogP contribution in [0.25, 0.3) is 0 Å². The first kappa shape index (κ1) is 27.8. The molecule has 16 heteroatoms. The molecule has 0 saturated carbocycles. The number of carbonyl (C=O) groups excluding carboxylic acids is 2. The summed E-state index contributed by atoms with van der Waals surface area (Å²) in [5.74, 6) is -3.87. The van der Waals surface area contributed by atoms with Crippen molar-refractivity contribution in [2.24, 2.45) is 0 Å². The number of hydrogen-bond acceptors (Lipinski definition) is 6. The number of likely N-dealkylation sites (tertiary alicyclic amines) is 1. The Morgan fingerprint density at radius 3 is 2.08 bits per heavy atom. The SMILES string of the molecule is CC(C)(C)OC(=O)N1CCC2(CC1)C(=O)N(CC(F)(F)F)c1cc(OS(=O)(=O)C(F)(F)F)cc(F)c12. The molecule has 0 aromatic heterocycles. The lowest BCUT2D eigenvalue weighted by molar-refractivity contribution is -0.135.